The van der Waals surface area contributed by atoms with Crippen molar-refractivity contribution in [2.45, 2.75) is 30.7 Å². The molecule has 0 aromatic heterocycles. The van der Waals surface area contributed by atoms with E-state index in [-0.39, 0.29) is 0 Å². The number of para-hydroxylation sites is 1. The van der Waals surface area contributed by atoms with Crippen molar-refractivity contribution in [1.82, 2.24) is 0 Å². The van der Waals surface area contributed by atoms with E-state index < -0.39 is 37.3 Å². The van der Waals surface area contributed by atoms with Gasteiger partial charge >= 0.3 is 0 Å². The van der Waals surface area contributed by atoms with Gasteiger partial charge in [0.15, 0.2) is 0 Å². The van der Waals surface area contributed by atoms with Gasteiger partial charge in [-0.2, -0.15) is 0 Å². The smallest absolute Gasteiger partial charge is 0.138 e. The fourth-order valence-electron chi connectivity index (χ4n) is 1.84. The Kier molecular flexibility index (Phi) is 4.15. The maximum Gasteiger partial charge on any atom is 0.138 e. The van der Waals surface area contributed by atoms with Crippen molar-refractivity contribution in [2.75, 3.05) is 6.61 Å². The maximum absolute atomic E-state index is 11.7. The van der Waals surface area contributed by atoms with Gasteiger partial charge in [-0.05, 0) is 12.1 Å². The molecule has 1 fully saturated rings. The minimum atomic E-state index is -1.67. The average molecular weight is 255 g/mol. The second kappa shape index (κ2) is 5.64. The van der Waals surface area contributed by atoms with Crippen LogP contribution in [0.2, 0.25) is 0 Å². The number of ether oxygens (including phenoxy) is 2. The Hall–Kier alpha value is -1.18. The van der Waals surface area contributed by atoms with Crippen LogP contribution in [0.25, 0.3) is 0 Å². The maximum atomic E-state index is 11.7. The Morgan fingerprint density at radius 1 is 1.17 bits per heavy atom. The fourth-order valence-corrected chi connectivity index (χ4v) is 1.84. The molecule has 0 bridgehead atoms. The molecular formula is C12H15O6-. The van der Waals surface area contributed by atoms with E-state index >= 15 is 0 Å². The zero-order chi connectivity index (χ0) is 13.1. The van der Waals surface area contributed by atoms with Gasteiger partial charge in [0, 0.05) is 6.29 Å². The quantitative estimate of drug-likeness (QED) is 0.591. The first kappa shape index (κ1) is 13.3. The van der Waals surface area contributed by atoms with Crippen LogP contribution in [-0.2, 0) is 4.74 Å². The molecule has 0 unspecified atom stereocenters. The highest BCUT2D eigenvalue weighted by molar-refractivity contribution is 5.21. The average Bonchev–Trinajstić information content (AvgIpc) is 2.40. The van der Waals surface area contributed by atoms with E-state index in [1.165, 1.54) is 0 Å². The lowest BCUT2D eigenvalue weighted by Crippen LogP contribution is -2.64. The molecule has 1 aromatic carbocycles. The third kappa shape index (κ3) is 2.63. The molecule has 6 nitrogen and oxygen atoms in total. The van der Waals surface area contributed by atoms with Crippen molar-refractivity contribution in [3.8, 4) is 5.75 Å². The highest BCUT2D eigenvalue weighted by Crippen LogP contribution is 2.23. The van der Waals surface area contributed by atoms with Crippen molar-refractivity contribution in [2.24, 2.45) is 0 Å². The molecule has 2 rings (SSSR count). The number of aliphatic hydroxyl groups is 3. The molecule has 1 aliphatic heterocycles. The first-order valence-electron chi connectivity index (χ1n) is 5.63. The molecule has 1 aromatic rings. The third-order valence-electron chi connectivity index (χ3n) is 2.84. The van der Waals surface area contributed by atoms with Gasteiger partial charge in [-0.3, -0.25) is 0 Å². The minimum absolute atomic E-state index is 0.403. The van der Waals surface area contributed by atoms with E-state index in [1.807, 2.05) is 0 Å². The molecule has 0 radical (unpaired) electrons. The van der Waals surface area contributed by atoms with E-state index in [2.05, 4.69) is 0 Å². The molecule has 3 N–H and O–H groups in total. The van der Waals surface area contributed by atoms with Gasteiger partial charge in [0.25, 0.3) is 0 Å². The Morgan fingerprint density at radius 3 is 2.44 bits per heavy atom. The van der Waals surface area contributed by atoms with Crippen molar-refractivity contribution < 1.29 is 29.9 Å². The molecule has 0 spiro atoms. The lowest BCUT2D eigenvalue weighted by molar-refractivity contribution is -0.530. The van der Waals surface area contributed by atoms with Gasteiger partial charge in [0.2, 0.25) is 0 Å². The summed E-state index contributed by atoms with van der Waals surface area (Å²) in [4.78, 5) is 0. The van der Waals surface area contributed by atoms with Crippen molar-refractivity contribution in [1.29, 1.82) is 0 Å². The molecule has 18 heavy (non-hydrogen) atoms. The van der Waals surface area contributed by atoms with Gasteiger partial charge in [0.05, 0.1) is 6.61 Å². The fraction of sp³-hybridized carbons (Fsp3) is 0.500. The Morgan fingerprint density at radius 2 is 1.83 bits per heavy atom. The highest BCUT2D eigenvalue weighted by Gasteiger charge is 2.41. The molecule has 100 valence electrons. The molecule has 6 heteroatoms. The molecule has 0 saturated carbocycles. The van der Waals surface area contributed by atoms with Crippen LogP contribution in [0.1, 0.15) is 0 Å². The molecule has 1 saturated heterocycles. The van der Waals surface area contributed by atoms with Gasteiger partial charge in [-0.1, -0.05) is 18.2 Å². The predicted octanol–water partition coefficient (Wildman–Crippen LogP) is -1.77. The summed E-state index contributed by atoms with van der Waals surface area (Å²) in [6.07, 6.45) is -6.73. The van der Waals surface area contributed by atoms with Gasteiger partial charge in [-0.15, -0.1) is 0 Å². The summed E-state index contributed by atoms with van der Waals surface area (Å²) in [6.45, 7) is -0.533. The molecule has 1 heterocycles. The van der Waals surface area contributed by atoms with E-state index in [4.69, 9.17) is 14.6 Å². The summed E-state index contributed by atoms with van der Waals surface area (Å²) >= 11 is 0. The van der Waals surface area contributed by atoms with E-state index in [9.17, 15) is 15.3 Å². The van der Waals surface area contributed by atoms with Gasteiger partial charge < -0.3 is 29.9 Å². The number of hydrogen-bond acceptors (Lipinski definition) is 6. The predicted molar refractivity (Wildman–Crippen MR) is 58.6 cm³/mol. The van der Waals surface area contributed by atoms with Crippen LogP contribution in [0.15, 0.2) is 30.3 Å². The first-order chi connectivity index (χ1) is 8.63. The summed E-state index contributed by atoms with van der Waals surface area (Å²) in [7, 11) is 0. The summed E-state index contributed by atoms with van der Waals surface area (Å²) in [5.74, 6) is 0.403. The Balaban J connectivity index is 2.08. The van der Waals surface area contributed by atoms with Gasteiger partial charge in [0.1, 0.15) is 30.2 Å². The lowest BCUT2D eigenvalue weighted by atomic mass is 9.99. The number of hydrogen-bond donors (Lipinski definition) is 3. The zero-order valence-electron chi connectivity index (χ0n) is 9.55. The van der Waals surface area contributed by atoms with Crippen molar-refractivity contribution >= 4 is 0 Å². The largest absolute Gasteiger partial charge is 0.828 e. The Labute approximate surface area is 104 Å². The SMILES string of the molecule is [O-][C@@H]1O[C@H](CO)[C@@H](O)[C@H](O)[C@H]1Oc1ccccc1. The second-order valence-corrected chi connectivity index (χ2v) is 4.10. The standard InChI is InChI=1S/C12H15O6/c13-6-8-9(14)10(15)11(12(16)18-8)17-7-4-2-1-3-5-7/h1-5,8-15H,6H2/q-1/t8-,9-,10+,11-,12-/m1/s1. The first-order valence-corrected chi connectivity index (χ1v) is 5.63. The zero-order valence-corrected chi connectivity index (χ0v) is 9.55. The monoisotopic (exact) mass is 255 g/mol. The Bertz CT molecular complexity index is 370. The van der Waals surface area contributed by atoms with Crippen LogP contribution in [0, 0.1) is 0 Å². The lowest BCUT2D eigenvalue weighted by Gasteiger charge is -2.45. The second-order valence-electron chi connectivity index (χ2n) is 4.10. The number of benzene rings is 1. The summed E-state index contributed by atoms with van der Waals surface area (Å²) in [5, 5.41) is 40.0. The van der Waals surface area contributed by atoms with Crippen LogP contribution >= 0.6 is 0 Å². The summed E-state index contributed by atoms with van der Waals surface area (Å²) in [6, 6.07) is 8.48. The minimum Gasteiger partial charge on any atom is -0.828 e. The van der Waals surface area contributed by atoms with Crippen LogP contribution in [-0.4, -0.2) is 52.6 Å². The summed E-state index contributed by atoms with van der Waals surface area (Å²) < 4.78 is 10.2. The molecule has 1 aliphatic rings. The van der Waals surface area contributed by atoms with Crippen LogP contribution in [0.5, 0.6) is 5.75 Å². The molecule has 0 amide bonds. The normalized spacial score (nSPS) is 36.3. The molecular weight excluding hydrogens is 240 g/mol. The number of rotatable bonds is 3. The van der Waals surface area contributed by atoms with Crippen LogP contribution < -0.4 is 9.84 Å². The highest BCUT2D eigenvalue weighted by atomic mass is 16.7. The van der Waals surface area contributed by atoms with Crippen molar-refractivity contribution in [3.05, 3.63) is 30.3 Å². The molecule has 0 aliphatic carbocycles. The van der Waals surface area contributed by atoms with E-state index in [0.717, 1.165) is 0 Å². The third-order valence-corrected chi connectivity index (χ3v) is 2.84. The van der Waals surface area contributed by atoms with Crippen LogP contribution in [0.3, 0.4) is 0 Å². The van der Waals surface area contributed by atoms with E-state index in [1.54, 1.807) is 30.3 Å². The van der Waals surface area contributed by atoms with Crippen molar-refractivity contribution in [3.63, 3.8) is 0 Å². The van der Waals surface area contributed by atoms with Gasteiger partial charge in [-0.25, -0.2) is 0 Å². The molecule has 5 atom stereocenters. The summed E-state index contributed by atoms with van der Waals surface area (Å²) in [5.41, 5.74) is 0. The van der Waals surface area contributed by atoms with E-state index in [0.29, 0.717) is 5.75 Å². The topological polar surface area (TPSA) is 102 Å². The van der Waals surface area contributed by atoms with Crippen LogP contribution in [0.4, 0.5) is 0 Å². The number of aliphatic hydroxyl groups excluding tert-OH is 3.